The molecule has 1 aromatic carbocycles. The van der Waals surface area contributed by atoms with Gasteiger partial charge in [-0.05, 0) is 36.8 Å². The number of hydrogen-bond acceptors (Lipinski definition) is 2. The first-order valence-electron chi connectivity index (χ1n) is 7.18. The van der Waals surface area contributed by atoms with Gasteiger partial charge in [-0.1, -0.05) is 42.3 Å². The average Bonchev–Trinajstić information content (AvgIpc) is 2.35. The Balaban J connectivity index is 1.99. The van der Waals surface area contributed by atoms with Crippen LogP contribution in [0.4, 0.5) is 0 Å². The van der Waals surface area contributed by atoms with Gasteiger partial charge < -0.3 is 9.84 Å². The Morgan fingerprint density at radius 2 is 2.16 bits per heavy atom. The molecule has 1 aliphatic carbocycles. The van der Waals surface area contributed by atoms with Crippen LogP contribution in [-0.2, 0) is 0 Å². The van der Waals surface area contributed by atoms with Gasteiger partial charge in [0, 0.05) is 16.5 Å². The lowest BCUT2D eigenvalue weighted by atomic mass is 9.67. The Kier molecular flexibility index (Phi) is 3.38. The molecular weight excluding hydrogens is 304 g/mol. The predicted octanol–water partition coefficient (Wildman–Crippen LogP) is 4.46. The Labute approximate surface area is 123 Å². The highest BCUT2D eigenvalue weighted by molar-refractivity contribution is 9.10. The molecule has 1 aromatic rings. The van der Waals surface area contributed by atoms with E-state index in [9.17, 15) is 5.11 Å². The first-order valence-corrected chi connectivity index (χ1v) is 7.98. The maximum absolute atomic E-state index is 10.5. The third-order valence-electron chi connectivity index (χ3n) is 5.13. The van der Waals surface area contributed by atoms with Crippen molar-refractivity contribution < 1.29 is 9.84 Å². The second kappa shape index (κ2) is 4.78. The van der Waals surface area contributed by atoms with Crippen molar-refractivity contribution in [2.45, 2.75) is 51.2 Å². The minimum Gasteiger partial charge on any atom is -0.486 e. The molecule has 0 saturated heterocycles. The molecule has 0 amide bonds. The molecule has 19 heavy (non-hydrogen) atoms. The summed E-state index contributed by atoms with van der Waals surface area (Å²) in [7, 11) is 0. The summed E-state index contributed by atoms with van der Waals surface area (Å²) >= 11 is 3.49. The smallest absolute Gasteiger partial charge is 0.127 e. The lowest BCUT2D eigenvalue weighted by Crippen LogP contribution is -2.50. The zero-order valence-electron chi connectivity index (χ0n) is 11.5. The van der Waals surface area contributed by atoms with Gasteiger partial charge in [0.1, 0.15) is 11.4 Å². The van der Waals surface area contributed by atoms with Crippen molar-refractivity contribution >= 4 is 15.9 Å². The summed E-state index contributed by atoms with van der Waals surface area (Å²) in [5.41, 5.74) is 0.754. The molecule has 0 radical (unpaired) electrons. The topological polar surface area (TPSA) is 29.5 Å². The van der Waals surface area contributed by atoms with Crippen LogP contribution in [-0.4, -0.2) is 10.7 Å². The van der Waals surface area contributed by atoms with E-state index in [1.165, 1.54) is 12.8 Å². The Bertz CT molecular complexity index is 488. The zero-order chi connectivity index (χ0) is 13.6. The average molecular weight is 325 g/mol. The fraction of sp³-hybridized carbons (Fsp3) is 0.625. The molecule has 1 N–H and O–H groups in total. The molecule has 1 heterocycles. The van der Waals surface area contributed by atoms with Crippen LogP contribution in [0.5, 0.6) is 5.75 Å². The number of hydrogen-bond donors (Lipinski definition) is 1. The van der Waals surface area contributed by atoms with E-state index in [1.54, 1.807) is 0 Å². The molecule has 3 rings (SSSR count). The summed E-state index contributed by atoms with van der Waals surface area (Å²) < 4.78 is 7.41. The van der Waals surface area contributed by atoms with Crippen molar-refractivity contribution in [1.29, 1.82) is 0 Å². The number of aliphatic hydroxyl groups is 1. The maximum atomic E-state index is 10.5. The van der Waals surface area contributed by atoms with Crippen molar-refractivity contribution in [3.8, 4) is 5.75 Å². The Morgan fingerprint density at radius 1 is 1.37 bits per heavy atom. The normalized spacial score (nSPS) is 37.8. The quantitative estimate of drug-likeness (QED) is 0.763. The summed E-state index contributed by atoms with van der Waals surface area (Å²) in [5, 5.41) is 10.5. The van der Waals surface area contributed by atoms with E-state index in [-0.39, 0.29) is 5.60 Å². The van der Waals surface area contributed by atoms with Crippen molar-refractivity contribution in [1.82, 2.24) is 0 Å². The minimum absolute atomic E-state index is 0.176. The van der Waals surface area contributed by atoms with Crippen LogP contribution in [0.3, 0.4) is 0 Å². The third kappa shape index (κ3) is 2.21. The summed E-state index contributed by atoms with van der Waals surface area (Å²) in [4.78, 5) is 0. The zero-order valence-corrected chi connectivity index (χ0v) is 13.1. The number of fused-ring (bicyclic) bond motifs is 1. The molecule has 4 atom stereocenters. The molecule has 104 valence electrons. The summed E-state index contributed by atoms with van der Waals surface area (Å²) in [6.45, 7) is 4.58. The number of rotatable bonds is 0. The molecule has 0 bridgehead atoms. The molecule has 2 nitrogen and oxygen atoms in total. The molecule has 0 aromatic heterocycles. The molecular formula is C16H21BrO2. The lowest BCUT2D eigenvalue weighted by molar-refractivity contribution is -0.0879. The monoisotopic (exact) mass is 324 g/mol. The number of halogens is 1. The highest BCUT2D eigenvalue weighted by atomic mass is 79.9. The van der Waals surface area contributed by atoms with Crippen LogP contribution < -0.4 is 4.74 Å². The van der Waals surface area contributed by atoms with Gasteiger partial charge in [-0.15, -0.1) is 0 Å². The van der Waals surface area contributed by atoms with E-state index in [4.69, 9.17) is 4.74 Å². The van der Waals surface area contributed by atoms with Crippen LogP contribution in [0, 0.1) is 11.8 Å². The number of ether oxygens (including phenoxy) is 1. The van der Waals surface area contributed by atoms with E-state index in [2.05, 4.69) is 29.8 Å². The van der Waals surface area contributed by atoms with Crippen LogP contribution in [0.15, 0.2) is 22.7 Å². The van der Waals surface area contributed by atoms with E-state index < -0.39 is 6.10 Å². The molecule has 3 heteroatoms. The molecule has 1 spiro atoms. The Morgan fingerprint density at radius 3 is 2.95 bits per heavy atom. The van der Waals surface area contributed by atoms with Gasteiger partial charge in [0.05, 0.1) is 6.10 Å². The SMILES string of the molecule is CC1CCCC2(CC(O)c3ccc(Br)cc3O2)C1C. The summed E-state index contributed by atoms with van der Waals surface area (Å²) in [5.74, 6) is 2.01. The molecule has 2 aliphatic rings. The van der Waals surface area contributed by atoms with Gasteiger partial charge in [-0.2, -0.15) is 0 Å². The molecule has 1 saturated carbocycles. The highest BCUT2D eigenvalue weighted by Gasteiger charge is 2.48. The Hall–Kier alpha value is -0.540. The number of aliphatic hydroxyl groups excluding tert-OH is 1. The van der Waals surface area contributed by atoms with Crippen molar-refractivity contribution in [3.05, 3.63) is 28.2 Å². The first-order chi connectivity index (χ1) is 9.02. The van der Waals surface area contributed by atoms with Crippen molar-refractivity contribution in [3.63, 3.8) is 0 Å². The fourth-order valence-electron chi connectivity index (χ4n) is 3.72. The predicted molar refractivity (Wildman–Crippen MR) is 79.3 cm³/mol. The van der Waals surface area contributed by atoms with E-state index in [0.717, 1.165) is 28.6 Å². The lowest BCUT2D eigenvalue weighted by Gasteiger charge is -2.49. The largest absolute Gasteiger partial charge is 0.486 e. The van der Waals surface area contributed by atoms with E-state index in [0.29, 0.717) is 11.8 Å². The second-order valence-electron chi connectivity index (χ2n) is 6.23. The first kappa shape index (κ1) is 13.4. The second-order valence-corrected chi connectivity index (χ2v) is 7.14. The van der Waals surface area contributed by atoms with Gasteiger partial charge in [-0.3, -0.25) is 0 Å². The molecule has 4 unspecified atom stereocenters. The van der Waals surface area contributed by atoms with Crippen molar-refractivity contribution in [2.24, 2.45) is 11.8 Å². The number of benzene rings is 1. The van der Waals surface area contributed by atoms with Gasteiger partial charge >= 0.3 is 0 Å². The van der Waals surface area contributed by atoms with Gasteiger partial charge in [0.15, 0.2) is 0 Å². The van der Waals surface area contributed by atoms with E-state index in [1.807, 2.05) is 18.2 Å². The van der Waals surface area contributed by atoms with Crippen LogP contribution in [0.1, 0.15) is 51.2 Å². The maximum Gasteiger partial charge on any atom is 0.127 e. The fourth-order valence-corrected chi connectivity index (χ4v) is 4.06. The van der Waals surface area contributed by atoms with Crippen LogP contribution in [0.25, 0.3) is 0 Å². The minimum atomic E-state index is -0.399. The van der Waals surface area contributed by atoms with Crippen LogP contribution in [0.2, 0.25) is 0 Å². The van der Waals surface area contributed by atoms with Crippen molar-refractivity contribution in [2.75, 3.05) is 0 Å². The summed E-state index contributed by atoms with van der Waals surface area (Å²) in [6, 6.07) is 5.93. The van der Waals surface area contributed by atoms with E-state index >= 15 is 0 Å². The van der Waals surface area contributed by atoms with Gasteiger partial charge in [0.25, 0.3) is 0 Å². The molecule has 1 aliphatic heterocycles. The summed E-state index contributed by atoms with van der Waals surface area (Å²) in [6.07, 6.45) is 3.86. The van der Waals surface area contributed by atoms with Gasteiger partial charge in [0.2, 0.25) is 0 Å². The van der Waals surface area contributed by atoms with Gasteiger partial charge in [-0.25, -0.2) is 0 Å². The highest BCUT2D eigenvalue weighted by Crippen LogP contribution is 2.50. The molecule has 1 fully saturated rings. The van der Waals surface area contributed by atoms with Crippen LogP contribution >= 0.6 is 15.9 Å². The third-order valence-corrected chi connectivity index (χ3v) is 5.62. The standard InChI is InChI=1S/C16H21BrO2/c1-10-4-3-7-16(11(10)2)9-14(18)13-6-5-12(17)8-15(13)19-16/h5-6,8,10-11,14,18H,3-4,7,9H2,1-2H3.